The summed E-state index contributed by atoms with van der Waals surface area (Å²) in [6.45, 7) is 1.73. The van der Waals surface area contributed by atoms with E-state index >= 15 is 0 Å². The van der Waals surface area contributed by atoms with Crippen LogP contribution < -0.4 is 10.6 Å². The number of aromatic nitrogens is 1. The highest BCUT2D eigenvalue weighted by molar-refractivity contribution is 7.92. The molecule has 1 fully saturated rings. The number of carbonyl (C=O) groups excluding carboxylic acids is 1. The Morgan fingerprint density at radius 1 is 1.27 bits per heavy atom. The number of amides is 1. The third-order valence-corrected chi connectivity index (χ3v) is 7.72. The highest BCUT2D eigenvalue weighted by Gasteiger charge is 2.47. The third-order valence-electron chi connectivity index (χ3n) is 5.94. The van der Waals surface area contributed by atoms with Crippen molar-refractivity contribution in [2.75, 3.05) is 39.1 Å². The summed E-state index contributed by atoms with van der Waals surface area (Å²) in [7, 11) is -4.28. The Hall–Kier alpha value is -2.91. The molecular weight excluding hydrogens is 519 g/mol. The van der Waals surface area contributed by atoms with Crippen molar-refractivity contribution >= 4 is 32.8 Å². The summed E-state index contributed by atoms with van der Waals surface area (Å²) in [6.07, 6.45) is -5.15. The lowest BCUT2D eigenvalue weighted by Gasteiger charge is -2.36. The van der Waals surface area contributed by atoms with Gasteiger partial charge in [0.15, 0.2) is 27.5 Å². The number of sulfone groups is 1. The zero-order valence-electron chi connectivity index (χ0n) is 20.6. The Bertz CT molecular complexity index is 1200. The lowest BCUT2D eigenvalue weighted by atomic mass is 10.1. The number of aliphatic hydroxyl groups is 1. The number of nitrogens with zero attached hydrogens (tertiary/aromatic N) is 3. The van der Waals surface area contributed by atoms with Gasteiger partial charge in [0, 0.05) is 19.3 Å². The molecule has 1 aliphatic heterocycles. The van der Waals surface area contributed by atoms with Gasteiger partial charge in [-0.25, -0.2) is 18.4 Å². The predicted octanol–water partition coefficient (Wildman–Crippen LogP) is 1.36. The molecule has 0 saturated carbocycles. The van der Waals surface area contributed by atoms with Gasteiger partial charge < -0.3 is 29.8 Å². The van der Waals surface area contributed by atoms with E-state index in [1.54, 1.807) is 31.2 Å². The van der Waals surface area contributed by atoms with Gasteiger partial charge in [-0.15, -0.1) is 0 Å². The van der Waals surface area contributed by atoms with Crippen LogP contribution in [0, 0.1) is 0 Å². The van der Waals surface area contributed by atoms with Gasteiger partial charge in [-0.05, 0) is 25.5 Å². The van der Waals surface area contributed by atoms with Crippen LogP contribution >= 0.6 is 0 Å². The molecule has 1 aromatic carbocycles. The van der Waals surface area contributed by atoms with Crippen molar-refractivity contribution in [3.05, 3.63) is 30.2 Å². The lowest BCUT2D eigenvalue weighted by Crippen LogP contribution is -2.65. The standard InChI is InChI=1S/C22H30F3N5O6S/c1-4-14(17(31)18-27-15-7-5-6-8-16(15)36-18)28-19(32)21(2,37(3,33)34)29-20(26-13-22(23,24)25)30-9-11-35-12-10-30/h5-8,14,17,31H,4,9-13H2,1-3H3,(H,26,29)(H,28,32). The Balaban J connectivity index is 1.88. The summed E-state index contributed by atoms with van der Waals surface area (Å²) in [5, 5.41) is 15.8. The number of para-hydroxylation sites is 2. The number of hydrogen-bond donors (Lipinski definition) is 3. The first-order valence-electron chi connectivity index (χ1n) is 11.5. The van der Waals surface area contributed by atoms with Gasteiger partial charge in [-0.1, -0.05) is 19.1 Å². The average Bonchev–Trinajstić information content (AvgIpc) is 3.28. The second kappa shape index (κ2) is 11.2. The SMILES string of the molecule is CCC(NC(=O)C(C)(NC(=NCC(F)(F)F)N1CCOCC1)S(C)(=O)=O)C(O)c1nc2ccccc2o1. The molecule has 0 spiro atoms. The first kappa shape index (κ1) is 28.7. The van der Waals surface area contributed by atoms with Gasteiger partial charge in [0.25, 0.3) is 5.91 Å². The van der Waals surface area contributed by atoms with Gasteiger partial charge in [-0.3, -0.25) is 4.79 Å². The Morgan fingerprint density at radius 2 is 1.92 bits per heavy atom. The van der Waals surface area contributed by atoms with Crippen LogP contribution in [-0.2, 0) is 19.4 Å². The number of alkyl halides is 3. The number of fused-ring (bicyclic) bond motifs is 1. The fourth-order valence-electron chi connectivity index (χ4n) is 3.59. The number of oxazole rings is 1. The molecular formula is C22H30F3N5O6S. The number of hydrogen-bond acceptors (Lipinski definition) is 8. The molecule has 1 saturated heterocycles. The van der Waals surface area contributed by atoms with E-state index in [1.807, 2.05) is 0 Å². The summed E-state index contributed by atoms with van der Waals surface area (Å²) < 4.78 is 75.2. The summed E-state index contributed by atoms with van der Waals surface area (Å²) in [6, 6.07) is 5.75. The number of rotatable bonds is 8. The topological polar surface area (TPSA) is 146 Å². The molecule has 1 aliphatic rings. The molecule has 0 radical (unpaired) electrons. The first-order chi connectivity index (χ1) is 17.2. The Labute approximate surface area is 212 Å². The Morgan fingerprint density at radius 3 is 2.49 bits per heavy atom. The van der Waals surface area contributed by atoms with Crippen molar-refractivity contribution in [2.24, 2.45) is 4.99 Å². The molecule has 206 valence electrons. The Kier molecular flexibility index (Phi) is 8.70. The molecule has 37 heavy (non-hydrogen) atoms. The van der Waals surface area contributed by atoms with E-state index in [0.29, 0.717) is 11.1 Å². The number of ether oxygens (including phenoxy) is 1. The number of halogens is 3. The average molecular weight is 550 g/mol. The van der Waals surface area contributed by atoms with E-state index in [-0.39, 0.29) is 38.6 Å². The molecule has 2 aromatic rings. The molecule has 1 amide bonds. The number of aliphatic hydroxyl groups excluding tert-OH is 1. The van der Waals surface area contributed by atoms with Gasteiger partial charge in [0.2, 0.25) is 10.8 Å². The van der Waals surface area contributed by atoms with E-state index in [1.165, 1.54) is 4.90 Å². The van der Waals surface area contributed by atoms with Gasteiger partial charge in [0.1, 0.15) is 12.1 Å². The van der Waals surface area contributed by atoms with Crippen LogP contribution in [0.2, 0.25) is 0 Å². The summed E-state index contributed by atoms with van der Waals surface area (Å²) in [5.74, 6) is -1.58. The molecule has 11 nitrogen and oxygen atoms in total. The zero-order valence-corrected chi connectivity index (χ0v) is 21.4. The number of morpholine rings is 1. The van der Waals surface area contributed by atoms with Gasteiger partial charge in [0.05, 0.1) is 19.3 Å². The van der Waals surface area contributed by atoms with E-state index in [0.717, 1.165) is 13.2 Å². The molecule has 3 N–H and O–H groups in total. The number of aliphatic imine (C=N–C) groups is 1. The third kappa shape index (κ3) is 6.90. The minimum absolute atomic E-state index is 0.0805. The van der Waals surface area contributed by atoms with Crippen LogP contribution in [-0.4, -0.2) is 91.5 Å². The molecule has 0 bridgehead atoms. The molecule has 1 aromatic heterocycles. The van der Waals surface area contributed by atoms with Crippen LogP contribution in [0.3, 0.4) is 0 Å². The minimum atomic E-state index is -4.65. The van der Waals surface area contributed by atoms with E-state index in [2.05, 4.69) is 20.6 Å². The molecule has 0 aliphatic carbocycles. The van der Waals surface area contributed by atoms with Crippen LogP contribution in [0.25, 0.3) is 11.1 Å². The maximum absolute atomic E-state index is 13.4. The fraction of sp³-hybridized carbons (Fsp3) is 0.591. The maximum Gasteiger partial charge on any atom is 0.408 e. The molecule has 2 heterocycles. The quantitative estimate of drug-likeness (QED) is 0.328. The summed E-state index contributed by atoms with van der Waals surface area (Å²) in [4.78, 5) is 20.1. The minimum Gasteiger partial charge on any atom is -0.438 e. The number of benzene rings is 1. The largest absolute Gasteiger partial charge is 0.438 e. The highest BCUT2D eigenvalue weighted by Crippen LogP contribution is 2.25. The zero-order chi connectivity index (χ0) is 27.4. The van der Waals surface area contributed by atoms with E-state index in [4.69, 9.17) is 9.15 Å². The number of carbonyl (C=O) groups is 1. The monoisotopic (exact) mass is 549 g/mol. The van der Waals surface area contributed by atoms with Crippen molar-refractivity contribution in [1.29, 1.82) is 0 Å². The predicted molar refractivity (Wildman–Crippen MR) is 128 cm³/mol. The smallest absolute Gasteiger partial charge is 0.408 e. The van der Waals surface area contributed by atoms with E-state index in [9.17, 15) is 31.5 Å². The van der Waals surface area contributed by atoms with Crippen LogP contribution in [0.15, 0.2) is 33.7 Å². The maximum atomic E-state index is 13.4. The molecule has 3 atom stereocenters. The van der Waals surface area contributed by atoms with E-state index < -0.39 is 51.4 Å². The van der Waals surface area contributed by atoms with Crippen LogP contribution in [0.4, 0.5) is 13.2 Å². The highest BCUT2D eigenvalue weighted by atomic mass is 32.2. The first-order valence-corrected chi connectivity index (χ1v) is 13.4. The molecule has 15 heteroatoms. The van der Waals surface area contributed by atoms with Crippen molar-refractivity contribution < 1.29 is 40.6 Å². The second-order valence-electron chi connectivity index (χ2n) is 8.74. The summed E-state index contributed by atoms with van der Waals surface area (Å²) >= 11 is 0. The normalized spacial score (nSPS) is 18.8. The molecule has 3 unspecified atom stereocenters. The van der Waals surface area contributed by atoms with Gasteiger partial charge >= 0.3 is 6.18 Å². The summed E-state index contributed by atoms with van der Waals surface area (Å²) in [5.41, 5.74) is 0.896. The number of nitrogens with one attached hydrogen (secondary N) is 2. The van der Waals surface area contributed by atoms with Crippen LogP contribution in [0.1, 0.15) is 32.3 Å². The van der Waals surface area contributed by atoms with Crippen molar-refractivity contribution in [2.45, 2.75) is 43.5 Å². The number of guanidine groups is 1. The van der Waals surface area contributed by atoms with Crippen LogP contribution in [0.5, 0.6) is 0 Å². The lowest BCUT2D eigenvalue weighted by molar-refractivity contribution is -0.125. The van der Waals surface area contributed by atoms with Crippen molar-refractivity contribution in [3.8, 4) is 0 Å². The van der Waals surface area contributed by atoms with Crippen molar-refractivity contribution in [3.63, 3.8) is 0 Å². The van der Waals surface area contributed by atoms with Gasteiger partial charge in [-0.2, -0.15) is 13.2 Å². The second-order valence-corrected chi connectivity index (χ2v) is 11.1. The molecule has 3 rings (SSSR count). The van der Waals surface area contributed by atoms with Crippen molar-refractivity contribution in [1.82, 2.24) is 20.5 Å². The fourth-order valence-corrected chi connectivity index (χ4v) is 4.26.